The molecule has 2 aliphatic rings. The number of nitrogens with zero attached hydrogens (tertiary/aromatic N) is 1. The summed E-state index contributed by atoms with van der Waals surface area (Å²) in [5, 5.41) is 3.78. The van der Waals surface area contributed by atoms with Gasteiger partial charge in [-0.2, -0.15) is 0 Å². The Hall–Kier alpha value is -1.13. The van der Waals surface area contributed by atoms with Crippen LogP contribution in [0.2, 0.25) is 0 Å². The highest BCUT2D eigenvalue weighted by Gasteiger charge is 2.56. The zero-order valence-corrected chi connectivity index (χ0v) is 13.3. The molecule has 2 saturated carbocycles. The van der Waals surface area contributed by atoms with Gasteiger partial charge in [0.2, 0.25) is 0 Å². The van der Waals surface area contributed by atoms with E-state index in [2.05, 4.69) is 35.4 Å². The summed E-state index contributed by atoms with van der Waals surface area (Å²) in [6, 6.07) is 7.10. The molecule has 1 N–H and O–H groups in total. The molecule has 0 bridgehead atoms. The molecule has 21 heavy (non-hydrogen) atoms. The quantitative estimate of drug-likeness (QED) is 0.906. The van der Waals surface area contributed by atoms with E-state index < -0.39 is 0 Å². The third-order valence-corrected chi connectivity index (χ3v) is 6.15. The maximum atomic E-state index is 5.99. The van der Waals surface area contributed by atoms with Crippen LogP contribution >= 0.6 is 11.3 Å². The van der Waals surface area contributed by atoms with E-state index >= 15 is 0 Å². The summed E-state index contributed by atoms with van der Waals surface area (Å²) in [5.41, 5.74) is 4.64. The molecule has 1 aromatic carbocycles. The van der Waals surface area contributed by atoms with Crippen molar-refractivity contribution < 1.29 is 4.74 Å². The van der Waals surface area contributed by atoms with E-state index in [1.807, 2.05) is 5.51 Å². The standard InChI is InChI=1S/C17H22N2OS/c1-2-20-16-10-15(17(16)7-3-4-8-17)19-12-5-6-13-14(9-12)21-11-18-13/h5-6,9,11,15-16,19H,2-4,7-8,10H2,1H3. The number of hydrogen-bond acceptors (Lipinski definition) is 4. The van der Waals surface area contributed by atoms with Gasteiger partial charge >= 0.3 is 0 Å². The molecule has 2 aromatic rings. The van der Waals surface area contributed by atoms with Crippen LogP contribution in [0.25, 0.3) is 10.2 Å². The topological polar surface area (TPSA) is 34.1 Å². The van der Waals surface area contributed by atoms with Gasteiger partial charge in [0.15, 0.2) is 0 Å². The van der Waals surface area contributed by atoms with E-state index in [0.717, 1.165) is 18.5 Å². The molecular weight excluding hydrogens is 280 g/mol. The lowest BCUT2D eigenvalue weighted by molar-refractivity contribution is -0.114. The summed E-state index contributed by atoms with van der Waals surface area (Å²) >= 11 is 1.71. The van der Waals surface area contributed by atoms with E-state index in [9.17, 15) is 0 Å². The molecular formula is C17H22N2OS. The Balaban J connectivity index is 1.53. The number of rotatable bonds is 4. The van der Waals surface area contributed by atoms with Crippen molar-refractivity contribution >= 4 is 27.2 Å². The van der Waals surface area contributed by atoms with E-state index in [1.165, 1.54) is 36.1 Å². The molecule has 2 atom stereocenters. The molecule has 1 spiro atoms. The molecule has 0 saturated heterocycles. The van der Waals surface area contributed by atoms with Gasteiger partial charge in [-0.1, -0.05) is 12.8 Å². The summed E-state index contributed by atoms with van der Waals surface area (Å²) in [5.74, 6) is 0. The highest BCUT2D eigenvalue weighted by molar-refractivity contribution is 7.16. The van der Waals surface area contributed by atoms with Crippen LogP contribution in [0.3, 0.4) is 0 Å². The Morgan fingerprint density at radius 3 is 3.05 bits per heavy atom. The lowest BCUT2D eigenvalue weighted by Gasteiger charge is -2.54. The van der Waals surface area contributed by atoms with Crippen LogP contribution in [0, 0.1) is 5.41 Å². The Kier molecular flexibility index (Phi) is 3.38. The zero-order valence-electron chi connectivity index (χ0n) is 12.5. The fourth-order valence-corrected chi connectivity index (χ4v) is 4.95. The number of anilines is 1. The van der Waals surface area contributed by atoms with E-state index in [4.69, 9.17) is 4.74 Å². The third-order valence-electron chi connectivity index (χ3n) is 5.36. The summed E-state index contributed by atoms with van der Waals surface area (Å²) in [7, 11) is 0. The van der Waals surface area contributed by atoms with Crippen LogP contribution in [0.5, 0.6) is 0 Å². The highest BCUT2D eigenvalue weighted by Crippen LogP contribution is 2.55. The number of nitrogens with one attached hydrogen (secondary N) is 1. The van der Waals surface area contributed by atoms with Gasteiger partial charge < -0.3 is 10.1 Å². The van der Waals surface area contributed by atoms with E-state index in [0.29, 0.717) is 17.6 Å². The van der Waals surface area contributed by atoms with Crippen molar-refractivity contribution in [3.05, 3.63) is 23.7 Å². The van der Waals surface area contributed by atoms with Gasteiger partial charge in [-0.25, -0.2) is 4.98 Å². The largest absolute Gasteiger partial charge is 0.382 e. The maximum absolute atomic E-state index is 5.99. The van der Waals surface area contributed by atoms with Gasteiger partial charge in [0.1, 0.15) is 0 Å². The third kappa shape index (κ3) is 2.16. The molecule has 4 rings (SSSR count). The predicted molar refractivity (Wildman–Crippen MR) is 88.0 cm³/mol. The van der Waals surface area contributed by atoms with Crippen molar-refractivity contribution in [2.45, 2.75) is 51.2 Å². The molecule has 2 unspecified atom stereocenters. The minimum Gasteiger partial charge on any atom is -0.382 e. The van der Waals surface area contributed by atoms with Gasteiger partial charge in [-0.15, -0.1) is 11.3 Å². The normalized spacial score (nSPS) is 27.1. The van der Waals surface area contributed by atoms with Crippen molar-refractivity contribution in [2.24, 2.45) is 5.41 Å². The monoisotopic (exact) mass is 302 g/mol. The fraction of sp³-hybridized carbons (Fsp3) is 0.588. The van der Waals surface area contributed by atoms with Gasteiger partial charge in [-0.05, 0) is 44.4 Å². The van der Waals surface area contributed by atoms with Gasteiger partial charge in [0, 0.05) is 23.8 Å². The molecule has 1 heterocycles. The maximum Gasteiger partial charge on any atom is 0.0813 e. The first-order valence-electron chi connectivity index (χ1n) is 8.03. The van der Waals surface area contributed by atoms with Crippen LogP contribution in [0.4, 0.5) is 5.69 Å². The summed E-state index contributed by atoms with van der Waals surface area (Å²) < 4.78 is 7.26. The van der Waals surface area contributed by atoms with Crippen molar-refractivity contribution in [3.63, 3.8) is 0 Å². The smallest absolute Gasteiger partial charge is 0.0813 e. The first-order valence-corrected chi connectivity index (χ1v) is 8.91. The van der Waals surface area contributed by atoms with Crippen LogP contribution in [-0.4, -0.2) is 23.7 Å². The van der Waals surface area contributed by atoms with Gasteiger partial charge in [0.25, 0.3) is 0 Å². The lowest BCUT2D eigenvalue weighted by atomic mass is 9.60. The molecule has 112 valence electrons. The fourth-order valence-electron chi connectivity index (χ4n) is 4.23. The predicted octanol–water partition coefficient (Wildman–Crippen LogP) is 4.45. The first kappa shape index (κ1) is 13.5. The summed E-state index contributed by atoms with van der Waals surface area (Å²) in [6.45, 7) is 2.95. The van der Waals surface area contributed by atoms with Crippen molar-refractivity contribution in [3.8, 4) is 0 Å². The molecule has 0 amide bonds. The molecule has 3 nitrogen and oxygen atoms in total. The Morgan fingerprint density at radius 1 is 1.38 bits per heavy atom. The second-order valence-electron chi connectivity index (χ2n) is 6.35. The van der Waals surface area contributed by atoms with E-state index in [1.54, 1.807) is 11.3 Å². The first-order chi connectivity index (χ1) is 10.3. The van der Waals surface area contributed by atoms with Gasteiger partial charge in [0.05, 0.1) is 21.8 Å². The molecule has 2 fully saturated rings. The SMILES string of the molecule is CCOC1CC(Nc2ccc3ncsc3c2)C12CCCC2. The van der Waals surface area contributed by atoms with Gasteiger partial charge in [-0.3, -0.25) is 0 Å². The second kappa shape index (κ2) is 5.25. The summed E-state index contributed by atoms with van der Waals surface area (Å²) in [6.07, 6.45) is 6.96. The zero-order chi connectivity index (χ0) is 14.3. The molecule has 0 radical (unpaired) electrons. The van der Waals surface area contributed by atoms with E-state index in [-0.39, 0.29) is 0 Å². The number of thiazole rings is 1. The lowest BCUT2D eigenvalue weighted by Crippen LogP contribution is -2.60. The number of fused-ring (bicyclic) bond motifs is 1. The molecule has 4 heteroatoms. The number of benzene rings is 1. The van der Waals surface area contributed by atoms with Crippen LogP contribution in [0.15, 0.2) is 23.7 Å². The Bertz CT molecular complexity index is 633. The molecule has 0 aliphatic heterocycles. The van der Waals surface area contributed by atoms with Crippen LogP contribution in [-0.2, 0) is 4.74 Å². The Morgan fingerprint density at radius 2 is 2.24 bits per heavy atom. The second-order valence-corrected chi connectivity index (χ2v) is 7.24. The minimum atomic E-state index is 0.388. The van der Waals surface area contributed by atoms with Crippen LogP contribution < -0.4 is 5.32 Å². The molecule has 2 aliphatic carbocycles. The average Bonchev–Trinajstić information content (AvgIpc) is 3.16. The van der Waals surface area contributed by atoms with Crippen molar-refractivity contribution in [1.29, 1.82) is 0 Å². The number of aromatic nitrogens is 1. The number of ether oxygens (including phenoxy) is 1. The van der Waals surface area contributed by atoms with Crippen molar-refractivity contribution in [2.75, 3.05) is 11.9 Å². The average molecular weight is 302 g/mol. The minimum absolute atomic E-state index is 0.388. The van der Waals surface area contributed by atoms with Crippen LogP contribution in [0.1, 0.15) is 39.0 Å². The highest BCUT2D eigenvalue weighted by atomic mass is 32.1. The number of hydrogen-bond donors (Lipinski definition) is 1. The molecule has 1 aromatic heterocycles. The van der Waals surface area contributed by atoms with Crippen molar-refractivity contribution in [1.82, 2.24) is 4.98 Å². The Labute approximate surface area is 129 Å². The summed E-state index contributed by atoms with van der Waals surface area (Å²) in [4.78, 5) is 4.35.